The zero-order valence-electron chi connectivity index (χ0n) is 14.8. The third-order valence-corrected chi connectivity index (χ3v) is 5.79. The van der Waals surface area contributed by atoms with Gasteiger partial charge in [0.1, 0.15) is 6.54 Å². The lowest BCUT2D eigenvalue weighted by atomic mass is 9.60. The highest BCUT2D eigenvalue weighted by Crippen LogP contribution is 2.56. The molecule has 6 heteroatoms. The first-order chi connectivity index (χ1) is 11.5. The van der Waals surface area contributed by atoms with E-state index in [9.17, 15) is 9.59 Å². The van der Waals surface area contributed by atoms with Gasteiger partial charge in [0.2, 0.25) is 5.91 Å². The molecule has 0 aromatic carbocycles. The molecule has 2 aliphatic rings. The maximum absolute atomic E-state index is 12.7. The summed E-state index contributed by atoms with van der Waals surface area (Å²) >= 11 is 0. The number of hydrogen-bond acceptors (Lipinski definition) is 4. The molecule has 2 aliphatic carbocycles. The van der Waals surface area contributed by atoms with Gasteiger partial charge in [0.25, 0.3) is 5.56 Å². The van der Waals surface area contributed by atoms with Crippen LogP contribution < -0.4 is 5.56 Å². The number of ether oxygens (including phenoxy) is 1. The van der Waals surface area contributed by atoms with E-state index in [0.29, 0.717) is 0 Å². The minimum Gasteiger partial charge on any atom is -0.378 e. The Morgan fingerprint density at radius 2 is 2.12 bits per heavy atom. The summed E-state index contributed by atoms with van der Waals surface area (Å²) in [6, 6.07) is 3.34. The van der Waals surface area contributed by atoms with E-state index in [2.05, 4.69) is 5.10 Å². The Balaban J connectivity index is 1.72. The third-order valence-electron chi connectivity index (χ3n) is 5.79. The van der Waals surface area contributed by atoms with Gasteiger partial charge < -0.3 is 9.64 Å². The van der Waals surface area contributed by atoms with Gasteiger partial charge in [-0.15, -0.1) is 0 Å². The molecule has 0 bridgehead atoms. The van der Waals surface area contributed by atoms with E-state index >= 15 is 0 Å². The Hall–Kier alpha value is -1.69. The molecule has 2 atom stereocenters. The molecule has 132 valence electrons. The molecule has 1 amide bonds. The number of rotatable bonds is 5. The van der Waals surface area contributed by atoms with Crippen LogP contribution in [-0.2, 0) is 16.1 Å². The van der Waals surface area contributed by atoms with Crippen molar-refractivity contribution in [2.45, 2.75) is 64.6 Å². The van der Waals surface area contributed by atoms with Crippen LogP contribution in [0.15, 0.2) is 16.9 Å². The number of carbonyl (C=O) groups excluding carboxylic acids is 1. The Labute approximate surface area is 142 Å². The quantitative estimate of drug-likeness (QED) is 0.823. The van der Waals surface area contributed by atoms with Crippen molar-refractivity contribution < 1.29 is 9.53 Å². The summed E-state index contributed by atoms with van der Waals surface area (Å²) in [5.41, 5.74) is 0.613. The van der Waals surface area contributed by atoms with Crippen LogP contribution in [0.4, 0.5) is 0 Å². The van der Waals surface area contributed by atoms with Gasteiger partial charge in [0, 0.05) is 31.2 Å². The lowest BCUT2D eigenvalue weighted by molar-refractivity contribution is -0.172. The average molecular weight is 333 g/mol. The van der Waals surface area contributed by atoms with Crippen molar-refractivity contribution in [2.75, 3.05) is 13.7 Å². The van der Waals surface area contributed by atoms with E-state index in [1.54, 1.807) is 6.07 Å². The summed E-state index contributed by atoms with van der Waals surface area (Å²) < 4.78 is 7.18. The normalized spacial score (nSPS) is 24.8. The third kappa shape index (κ3) is 2.88. The molecule has 6 nitrogen and oxygen atoms in total. The van der Waals surface area contributed by atoms with Gasteiger partial charge in [-0.05, 0) is 39.2 Å². The lowest BCUT2D eigenvalue weighted by Crippen LogP contribution is -2.64. The maximum Gasteiger partial charge on any atom is 0.267 e. The summed E-state index contributed by atoms with van der Waals surface area (Å²) in [4.78, 5) is 26.4. The van der Waals surface area contributed by atoms with Gasteiger partial charge in [-0.1, -0.05) is 12.8 Å². The number of likely N-dealkylation sites (N-methyl/N-ethyl adjacent to an activating group) is 1. The van der Waals surface area contributed by atoms with Crippen molar-refractivity contribution in [3.05, 3.63) is 28.2 Å². The average Bonchev–Trinajstić information content (AvgIpc) is 3.06. The fraction of sp³-hybridized carbons (Fsp3) is 0.722. The van der Waals surface area contributed by atoms with E-state index < -0.39 is 0 Å². The van der Waals surface area contributed by atoms with E-state index in [0.717, 1.165) is 31.6 Å². The molecule has 1 spiro atoms. The Bertz CT molecular complexity index is 664. The molecule has 0 saturated heterocycles. The first-order valence-electron chi connectivity index (χ1n) is 8.90. The molecule has 1 heterocycles. The highest BCUT2D eigenvalue weighted by molar-refractivity contribution is 5.76. The van der Waals surface area contributed by atoms with Gasteiger partial charge in [-0.25, -0.2) is 4.68 Å². The minimum atomic E-state index is -0.237. The van der Waals surface area contributed by atoms with Gasteiger partial charge in [-0.3, -0.25) is 9.59 Å². The second-order valence-corrected chi connectivity index (χ2v) is 7.11. The minimum absolute atomic E-state index is 0.00287. The number of aryl methyl sites for hydroxylation is 1. The Morgan fingerprint density at radius 3 is 2.79 bits per heavy atom. The highest BCUT2D eigenvalue weighted by Gasteiger charge is 2.58. The first-order valence-corrected chi connectivity index (χ1v) is 8.90. The molecule has 24 heavy (non-hydrogen) atoms. The predicted molar refractivity (Wildman–Crippen MR) is 90.7 cm³/mol. The summed E-state index contributed by atoms with van der Waals surface area (Å²) in [6.07, 6.45) is 5.84. The van der Waals surface area contributed by atoms with Crippen molar-refractivity contribution in [2.24, 2.45) is 5.41 Å². The van der Waals surface area contributed by atoms with Crippen LogP contribution >= 0.6 is 0 Å². The van der Waals surface area contributed by atoms with Crippen molar-refractivity contribution in [1.29, 1.82) is 0 Å². The first kappa shape index (κ1) is 17.1. The van der Waals surface area contributed by atoms with E-state index in [1.165, 1.54) is 23.6 Å². The fourth-order valence-corrected chi connectivity index (χ4v) is 4.47. The van der Waals surface area contributed by atoms with Crippen LogP contribution in [-0.4, -0.2) is 46.4 Å². The summed E-state index contributed by atoms with van der Waals surface area (Å²) in [5, 5.41) is 4.16. The fourth-order valence-electron chi connectivity index (χ4n) is 4.47. The van der Waals surface area contributed by atoms with Crippen molar-refractivity contribution in [3.63, 3.8) is 0 Å². The second kappa shape index (κ2) is 6.67. The smallest absolute Gasteiger partial charge is 0.267 e. The molecule has 0 N–H and O–H groups in total. The molecule has 1 aromatic heterocycles. The maximum atomic E-state index is 12.7. The van der Waals surface area contributed by atoms with Crippen LogP contribution in [0.25, 0.3) is 0 Å². The molecule has 0 unspecified atom stereocenters. The highest BCUT2D eigenvalue weighted by atomic mass is 16.5. The van der Waals surface area contributed by atoms with Crippen LogP contribution in [0.3, 0.4) is 0 Å². The molecule has 3 rings (SSSR count). The zero-order chi connectivity index (χ0) is 17.3. The topological polar surface area (TPSA) is 64.4 Å². The largest absolute Gasteiger partial charge is 0.378 e. The molecular formula is C18H27N3O3. The van der Waals surface area contributed by atoms with Gasteiger partial charge in [0.15, 0.2) is 0 Å². The van der Waals surface area contributed by atoms with E-state index in [1.807, 2.05) is 25.8 Å². The molecular weight excluding hydrogens is 306 g/mol. The van der Waals surface area contributed by atoms with Crippen molar-refractivity contribution >= 4 is 5.91 Å². The monoisotopic (exact) mass is 333 g/mol. The van der Waals surface area contributed by atoms with Gasteiger partial charge in [-0.2, -0.15) is 5.10 Å². The van der Waals surface area contributed by atoms with E-state index in [-0.39, 0.29) is 35.6 Å². The summed E-state index contributed by atoms with van der Waals surface area (Å²) in [6.45, 7) is 4.57. The number of amides is 1. The number of nitrogens with zero attached hydrogens (tertiary/aromatic N) is 3. The van der Waals surface area contributed by atoms with Crippen LogP contribution in [0, 0.1) is 12.3 Å². The standard InChI is InChI=1S/C18H27N3O3/c1-4-24-15-11-14(18(15)9-5-6-10-18)20(3)17(23)12-21-16(22)8-7-13(2)19-21/h7-8,14-15H,4-6,9-12H2,1-3H3/t14-,15+/m0/s1. The van der Waals surface area contributed by atoms with Gasteiger partial charge in [0.05, 0.1) is 11.8 Å². The van der Waals surface area contributed by atoms with Crippen molar-refractivity contribution in [1.82, 2.24) is 14.7 Å². The molecule has 2 fully saturated rings. The molecule has 2 saturated carbocycles. The number of carbonyl (C=O) groups is 1. The Kier molecular flexibility index (Phi) is 4.76. The molecule has 0 aliphatic heterocycles. The van der Waals surface area contributed by atoms with Crippen molar-refractivity contribution in [3.8, 4) is 0 Å². The predicted octanol–water partition coefficient (Wildman–Crippen LogP) is 1.75. The van der Waals surface area contributed by atoms with Gasteiger partial charge >= 0.3 is 0 Å². The number of aromatic nitrogens is 2. The second-order valence-electron chi connectivity index (χ2n) is 7.11. The summed E-state index contributed by atoms with van der Waals surface area (Å²) in [7, 11) is 1.86. The van der Waals surface area contributed by atoms with Crippen LogP contribution in [0.1, 0.15) is 44.7 Å². The Morgan fingerprint density at radius 1 is 1.42 bits per heavy atom. The zero-order valence-corrected chi connectivity index (χ0v) is 14.8. The molecule has 1 aromatic rings. The van der Waals surface area contributed by atoms with Crippen LogP contribution in [0.5, 0.6) is 0 Å². The molecule has 0 radical (unpaired) electrons. The van der Waals surface area contributed by atoms with E-state index in [4.69, 9.17) is 4.74 Å². The lowest BCUT2D eigenvalue weighted by Gasteiger charge is -2.57. The number of hydrogen-bond donors (Lipinski definition) is 0. The SMILES string of the molecule is CCO[C@@H]1C[C@H](N(C)C(=O)Cn2nc(C)ccc2=O)C12CCCC2. The summed E-state index contributed by atoms with van der Waals surface area (Å²) in [5.74, 6) is -0.0542. The van der Waals surface area contributed by atoms with Crippen LogP contribution in [0.2, 0.25) is 0 Å².